The number of aromatic nitrogens is 3. The third-order valence-corrected chi connectivity index (χ3v) is 3.56. The van der Waals surface area contributed by atoms with Gasteiger partial charge in [-0.1, -0.05) is 6.85 Å². The molecule has 1 fully saturated rings. The van der Waals surface area contributed by atoms with E-state index in [0.717, 1.165) is 4.90 Å². The van der Waals surface area contributed by atoms with E-state index in [-0.39, 0.29) is 11.5 Å². The maximum absolute atomic E-state index is 12.5. The van der Waals surface area contributed by atoms with Crippen LogP contribution in [-0.2, 0) is 4.79 Å². The number of rotatable bonds is 3. The zero-order chi connectivity index (χ0) is 23.4. The van der Waals surface area contributed by atoms with Gasteiger partial charge >= 0.3 is 5.91 Å². The van der Waals surface area contributed by atoms with Crippen molar-refractivity contribution < 1.29 is 15.8 Å². The number of aromatic amines is 1. The average Bonchev–Trinajstić information content (AvgIpc) is 3.12. The summed E-state index contributed by atoms with van der Waals surface area (Å²) in [6, 6.07) is -1.36. The van der Waals surface area contributed by atoms with Gasteiger partial charge in [-0.25, -0.2) is 16.5 Å². The second kappa shape index (κ2) is 6.24. The fourth-order valence-corrected chi connectivity index (χ4v) is 2.39. The second-order valence-electron chi connectivity index (χ2n) is 5.00. The Hall–Kier alpha value is -2.62. The van der Waals surface area contributed by atoms with E-state index in [9.17, 15) is 4.79 Å². The van der Waals surface area contributed by atoms with Crippen molar-refractivity contribution in [2.75, 3.05) is 31.5 Å². The highest BCUT2D eigenvalue weighted by Crippen LogP contribution is 2.28. The number of amides is 1. The molecule has 7 heteroatoms. The molecule has 0 bridgehead atoms. The number of nitrogens with one attached hydrogen (secondary N) is 1. The first-order valence-electron chi connectivity index (χ1n) is 10.9. The summed E-state index contributed by atoms with van der Waals surface area (Å²) in [6.07, 6.45) is 0.503. The summed E-state index contributed by atoms with van der Waals surface area (Å²) in [7, 11) is 1.21. The molecule has 3 heterocycles. The fourth-order valence-electron chi connectivity index (χ4n) is 2.39. The minimum atomic E-state index is -3.10. The Morgan fingerprint density at radius 3 is 3.43 bits per heavy atom. The quantitative estimate of drug-likeness (QED) is 0.871. The molecule has 23 heavy (non-hydrogen) atoms. The molecule has 2 aromatic rings. The molecule has 120 valence electrons. The monoisotopic (exact) mass is 320 g/mol. The summed E-state index contributed by atoms with van der Waals surface area (Å²) in [5.41, 5.74) is 0.215. The number of fused-ring (bicyclic) bond motifs is 1. The van der Waals surface area contributed by atoms with Crippen LogP contribution in [0.1, 0.15) is 24.2 Å². The van der Waals surface area contributed by atoms with Crippen LogP contribution in [0.4, 0.5) is 5.82 Å². The Morgan fingerprint density at radius 1 is 1.78 bits per heavy atom. The van der Waals surface area contributed by atoms with Crippen LogP contribution in [0.5, 0.6) is 0 Å². The first-order chi connectivity index (χ1) is 14.2. The van der Waals surface area contributed by atoms with Gasteiger partial charge in [0, 0.05) is 31.8 Å². The lowest BCUT2D eigenvalue weighted by Gasteiger charge is -2.41. The third-order valence-electron chi connectivity index (χ3n) is 3.56. The predicted octanol–water partition coefficient (Wildman–Crippen LogP) is 1.55. The summed E-state index contributed by atoms with van der Waals surface area (Å²) in [6.45, 7) is -0.304. The standard InChI is InChI=1S/C16H20N6O/c1-11-5-7-22(14(23)8-17-2)9-13(11)21(3)16-12-4-6-18-15(12)19-10-20-16/h4,6,10-11,13H,5,7-9H2,1,3H3,(H,18,19,20)/t11-,13+/m1/s1/i1D3,9D2,10D,11D,13D. The highest BCUT2D eigenvalue weighted by atomic mass is 16.2. The van der Waals surface area contributed by atoms with Crippen molar-refractivity contribution >= 4 is 22.8 Å². The number of hydrogen-bond donors (Lipinski definition) is 1. The first-order valence-corrected chi connectivity index (χ1v) is 6.91. The first kappa shape index (κ1) is 8.29. The van der Waals surface area contributed by atoms with Crippen molar-refractivity contribution in [2.45, 2.75) is 19.3 Å². The van der Waals surface area contributed by atoms with Crippen LogP contribution < -0.4 is 4.90 Å². The lowest BCUT2D eigenvalue weighted by Crippen LogP contribution is -2.53. The molecule has 2 atom stereocenters. The molecule has 0 aromatic carbocycles. The molecule has 1 aliphatic rings. The molecular weight excluding hydrogens is 292 g/mol. The maximum atomic E-state index is 12.5. The Kier molecular flexibility index (Phi) is 2.25. The molecule has 3 rings (SSSR count). The molecule has 0 saturated carbocycles. The van der Waals surface area contributed by atoms with Crippen LogP contribution in [0.3, 0.4) is 0 Å². The second-order valence-corrected chi connectivity index (χ2v) is 5.00. The van der Waals surface area contributed by atoms with Crippen LogP contribution in [0.15, 0.2) is 18.6 Å². The predicted molar refractivity (Wildman–Crippen MR) is 87.9 cm³/mol. The molecule has 1 N–H and O–H groups in total. The number of H-pyrrole nitrogens is 1. The lowest BCUT2D eigenvalue weighted by atomic mass is 9.92. The summed E-state index contributed by atoms with van der Waals surface area (Å²) < 4.78 is 66.9. The Bertz CT molecular complexity index is 1060. The minimum Gasteiger partial charge on any atom is -0.354 e. The average molecular weight is 320 g/mol. The zero-order valence-electron chi connectivity index (χ0n) is 20.4. The molecule has 0 radical (unpaired) electrons. The van der Waals surface area contributed by atoms with Crippen molar-refractivity contribution in [3.63, 3.8) is 0 Å². The van der Waals surface area contributed by atoms with E-state index < -0.39 is 57.0 Å². The van der Waals surface area contributed by atoms with E-state index in [1.54, 1.807) is 0 Å². The molecule has 2 aromatic heterocycles. The van der Waals surface area contributed by atoms with Crippen molar-refractivity contribution in [1.82, 2.24) is 19.9 Å². The van der Waals surface area contributed by atoms with Crippen LogP contribution in [0, 0.1) is 12.5 Å². The molecule has 1 amide bonds. The van der Waals surface area contributed by atoms with Crippen LogP contribution in [0.2, 0.25) is 0 Å². The molecule has 0 aliphatic carbocycles. The number of nitrogens with zero attached hydrogens (tertiary/aromatic N) is 5. The largest absolute Gasteiger partial charge is 0.354 e. The van der Waals surface area contributed by atoms with Gasteiger partial charge < -0.3 is 19.6 Å². The maximum Gasteiger partial charge on any atom is 0.302 e. The lowest BCUT2D eigenvalue weighted by molar-refractivity contribution is -0.130. The van der Waals surface area contributed by atoms with Gasteiger partial charge in [-0.15, -0.1) is 0 Å². The molecule has 7 nitrogen and oxygen atoms in total. The smallest absolute Gasteiger partial charge is 0.302 e. The van der Waals surface area contributed by atoms with Gasteiger partial charge in [0.2, 0.25) is 0 Å². The van der Waals surface area contributed by atoms with E-state index in [2.05, 4.69) is 19.8 Å². The van der Waals surface area contributed by atoms with E-state index in [1.165, 1.54) is 19.3 Å². The molecule has 1 aliphatic heterocycles. The van der Waals surface area contributed by atoms with Gasteiger partial charge in [0.25, 0.3) is 6.54 Å². The van der Waals surface area contributed by atoms with Crippen molar-refractivity contribution in [1.29, 1.82) is 0 Å². The molecule has 0 spiro atoms. The Balaban J connectivity index is 2.28. The van der Waals surface area contributed by atoms with E-state index in [1.807, 2.05) is 0 Å². The fraction of sp³-hybridized carbons (Fsp3) is 0.500. The van der Waals surface area contributed by atoms with Crippen LogP contribution in [-0.4, -0.2) is 58.4 Å². The van der Waals surface area contributed by atoms with Crippen LogP contribution in [0.25, 0.3) is 15.9 Å². The van der Waals surface area contributed by atoms with Crippen molar-refractivity contribution in [2.24, 2.45) is 5.89 Å². The van der Waals surface area contributed by atoms with Gasteiger partial charge in [0.15, 0.2) is 0 Å². The summed E-state index contributed by atoms with van der Waals surface area (Å²) in [4.78, 5) is 27.6. The number of likely N-dealkylation sites (tertiary alicyclic amines) is 1. The topological polar surface area (TPSA) is 69.5 Å². The number of piperidine rings is 1. The summed E-state index contributed by atoms with van der Waals surface area (Å²) in [5.74, 6) is -3.72. The number of carbonyl (C=O) groups excluding carboxylic acids is 1. The van der Waals surface area contributed by atoms with E-state index in [0.29, 0.717) is 10.3 Å². The van der Waals surface area contributed by atoms with Gasteiger partial charge in [-0.05, 0) is 18.4 Å². The Labute approximate surface area is 146 Å². The summed E-state index contributed by atoms with van der Waals surface area (Å²) in [5, 5.41) is 0.290. The summed E-state index contributed by atoms with van der Waals surface area (Å²) >= 11 is 0. The third kappa shape index (κ3) is 2.84. The number of likely N-dealkylation sites (N-methyl/N-ethyl adjacent to an activating group) is 1. The van der Waals surface area contributed by atoms with Crippen molar-refractivity contribution in [3.05, 3.63) is 30.0 Å². The molecule has 0 unspecified atom stereocenters. The number of anilines is 1. The highest BCUT2D eigenvalue weighted by Gasteiger charge is 2.33. The highest BCUT2D eigenvalue weighted by molar-refractivity contribution is 5.87. The Morgan fingerprint density at radius 2 is 2.65 bits per heavy atom. The molecule has 1 saturated heterocycles. The number of carbonyl (C=O) groups is 1. The molecular formula is C16H20N6O. The van der Waals surface area contributed by atoms with E-state index >= 15 is 0 Å². The zero-order valence-corrected chi connectivity index (χ0v) is 12.4. The van der Waals surface area contributed by atoms with Gasteiger partial charge in [0.1, 0.15) is 19.1 Å². The number of hydrogen-bond acceptors (Lipinski definition) is 4. The SMILES string of the molecule is [2H]c1nc(N(C)[C@@]2([2H])C([2H])([2H])N(C(=O)C[N+]#[C-])CC[C@@]2([2H])C([2H])([2H])[2H])c2cc[nH]c2n1. The minimum absolute atomic E-state index is 0.129. The van der Waals surface area contributed by atoms with Crippen molar-refractivity contribution in [3.8, 4) is 0 Å². The van der Waals surface area contributed by atoms with Crippen LogP contribution >= 0.6 is 0 Å². The normalized spacial score (nSPS) is 35.4. The van der Waals surface area contributed by atoms with Gasteiger partial charge in [-0.3, -0.25) is 4.79 Å². The van der Waals surface area contributed by atoms with Gasteiger partial charge in [0.05, 0.1) is 15.5 Å². The van der Waals surface area contributed by atoms with E-state index in [4.69, 9.17) is 17.5 Å². The van der Waals surface area contributed by atoms with Gasteiger partial charge in [-0.2, -0.15) is 0 Å².